The topological polar surface area (TPSA) is 105 Å². The molecule has 0 aliphatic heterocycles. The summed E-state index contributed by atoms with van der Waals surface area (Å²) in [5.74, 6) is -0.750. The predicted molar refractivity (Wildman–Crippen MR) is 48.3 cm³/mol. The van der Waals surface area contributed by atoms with Gasteiger partial charge in [-0.05, 0) is 0 Å². The van der Waals surface area contributed by atoms with E-state index in [1.807, 2.05) is 0 Å². The van der Waals surface area contributed by atoms with E-state index in [2.05, 4.69) is 30.1 Å². The van der Waals surface area contributed by atoms with Crippen molar-refractivity contribution in [1.29, 1.82) is 0 Å². The number of carbonyl (C=O) groups is 2. The second-order valence-electron chi connectivity index (χ2n) is 1.32. The standard InChI is InChI=1S/2C2H5NO2.2Mo.H2S2/c2*3-1-2(4)5;;;1-2/h2*1,3H2,(H,4,5);;;1-2H/q;;2*+1;/p-2. The Hall–Kier alpha value is 0.937. The molecular weight excluding hydrogens is 396 g/mol. The first-order chi connectivity index (χ1) is 6.62. The molecule has 0 bridgehead atoms. The Bertz CT molecular complexity index is 123. The maximum absolute atomic E-state index is 9.84. The minimum absolute atomic E-state index is 0.0288. The van der Waals surface area contributed by atoms with Crippen LogP contribution in [0.3, 0.4) is 0 Å². The van der Waals surface area contributed by atoms with Gasteiger partial charge in [-0.1, -0.05) is 0 Å². The van der Waals surface area contributed by atoms with Crippen molar-refractivity contribution < 1.29 is 56.8 Å². The van der Waals surface area contributed by atoms with E-state index in [4.69, 9.17) is 11.5 Å². The summed E-state index contributed by atoms with van der Waals surface area (Å²) in [4.78, 5) is 19.7. The number of rotatable bonds is 2. The Morgan fingerprint density at radius 2 is 1.21 bits per heavy atom. The van der Waals surface area contributed by atoms with Crippen LogP contribution < -0.4 is 11.5 Å². The van der Waals surface area contributed by atoms with Crippen LogP contribution in [-0.2, 0) is 56.8 Å². The smallest absolute Gasteiger partial charge is 0.115 e. The number of hydrogen-bond acceptors (Lipinski definition) is 8. The Morgan fingerprint density at radius 1 is 1.00 bits per heavy atom. The Balaban J connectivity index is -0.000000147. The first-order valence-corrected chi connectivity index (χ1v) is 6.11. The van der Waals surface area contributed by atoms with Gasteiger partial charge in [0.25, 0.3) is 0 Å². The van der Waals surface area contributed by atoms with E-state index in [9.17, 15) is 9.59 Å². The van der Waals surface area contributed by atoms with Crippen molar-refractivity contribution in [2.45, 2.75) is 0 Å². The molecule has 0 spiro atoms. The Kier molecular flexibility index (Phi) is 28.4. The van der Waals surface area contributed by atoms with E-state index in [0.717, 1.165) is 0 Å². The first-order valence-electron chi connectivity index (χ1n) is 2.87. The molecule has 84 valence electrons. The molecule has 6 nitrogen and oxygen atoms in total. The monoisotopic (exact) mass is 410 g/mol. The molecule has 0 unspecified atom stereocenters. The van der Waals surface area contributed by atoms with Crippen molar-refractivity contribution >= 4 is 35.3 Å². The Labute approximate surface area is 116 Å². The third-order valence-corrected chi connectivity index (χ3v) is 1.43. The molecule has 0 aliphatic rings. The van der Waals surface area contributed by atoms with E-state index in [-0.39, 0.29) is 25.0 Å². The van der Waals surface area contributed by atoms with Gasteiger partial charge >= 0.3 is 93.3 Å². The van der Waals surface area contributed by atoms with Gasteiger partial charge in [-0.2, -0.15) is 0 Å². The van der Waals surface area contributed by atoms with E-state index >= 15 is 0 Å². The summed E-state index contributed by atoms with van der Waals surface area (Å²) in [6.45, 7) is -0.0575. The van der Waals surface area contributed by atoms with Gasteiger partial charge in [0, 0.05) is 0 Å². The molecule has 0 rings (SSSR count). The second kappa shape index (κ2) is 19.5. The van der Waals surface area contributed by atoms with Crippen LogP contribution in [0, 0.1) is 0 Å². The summed E-state index contributed by atoms with van der Waals surface area (Å²) in [6.07, 6.45) is 0. The average Bonchev–Trinajstić information content (AvgIpc) is 2.30. The zero-order chi connectivity index (χ0) is 12.0. The molecular formula is C4H10Mo2N2O4S2. The molecule has 10 heteroatoms. The Morgan fingerprint density at radius 3 is 1.21 bits per heavy atom. The number of thiol groups is 2. The van der Waals surface area contributed by atoms with Crippen molar-refractivity contribution in [1.82, 2.24) is 0 Å². The van der Waals surface area contributed by atoms with Crippen LogP contribution in [0.15, 0.2) is 0 Å². The molecule has 0 aromatic carbocycles. The van der Waals surface area contributed by atoms with Crippen LogP contribution >= 0.6 is 23.3 Å². The predicted octanol–water partition coefficient (Wildman–Crippen LogP) is -1.34. The van der Waals surface area contributed by atoms with Gasteiger partial charge in [0.05, 0.1) is 0 Å². The van der Waals surface area contributed by atoms with E-state index < -0.39 is 0 Å². The fourth-order valence-electron chi connectivity index (χ4n) is 0.0680. The second-order valence-corrected chi connectivity index (χ2v) is 2.14. The average molecular weight is 406 g/mol. The van der Waals surface area contributed by atoms with Crippen LogP contribution in [0.2, 0.25) is 0 Å². The maximum atomic E-state index is 9.84. The van der Waals surface area contributed by atoms with Gasteiger partial charge in [0.1, 0.15) is 0 Å². The number of carbonyl (C=O) groups excluding carboxylic acids is 2. The molecule has 0 saturated carbocycles. The summed E-state index contributed by atoms with van der Waals surface area (Å²) in [5, 5.41) is 0. The largest absolute Gasteiger partial charge is 0.115 e. The van der Waals surface area contributed by atoms with Crippen LogP contribution in [0.1, 0.15) is 0 Å². The summed E-state index contributed by atoms with van der Waals surface area (Å²) in [5.41, 5.74) is 9.62. The van der Waals surface area contributed by atoms with Gasteiger partial charge in [-0.3, -0.25) is 0 Å². The van der Waals surface area contributed by atoms with Gasteiger partial charge in [-0.25, -0.2) is 0 Å². The van der Waals surface area contributed by atoms with Crippen LogP contribution in [-0.4, -0.2) is 25.0 Å². The van der Waals surface area contributed by atoms with Crippen molar-refractivity contribution in [2.75, 3.05) is 13.1 Å². The molecule has 0 atom stereocenters. The third kappa shape index (κ3) is 23.1. The maximum Gasteiger partial charge on any atom is -0.115 e. The molecule has 14 heavy (non-hydrogen) atoms. The van der Waals surface area contributed by atoms with Crippen LogP contribution in [0.25, 0.3) is 0 Å². The van der Waals surface area contributed by atoms with Crippen molar-refractivity contribution in [3.63, 3.8) is 0 Å². The van der Waals surface area contributed by atoms with Crippen LogP contribution in [0.4, 0.5) is 0 Å². The zero-order valence-electron chi connectivity index (χ0n) is 6.91. The molecule has 4 N–H and O–H groups in total. The SMILES string of the molecule is NCC(=O)[O][Mo].NCC(=O)[O][Mo].SS. The first kappa shape index (κ1) is 20.4. The fourth-order valence-corrected chi connectivity index (χ4v) is 0.403. The van der Waals surface area contributed by atoms with Crippen LogP contribution in [0.5, 0.6) is 0 Å². The van der Waals surface area contributed by atoms with Gasteiger partial charge in [-0.15, -0.1) is 23.3 Å². The molecule has 0 amide bonds. The number of hydrogen-bond donors (Lipinski definition) is 4. The van der Waals surface area contributed by atoms with E-state index in [1.165, 1.54) is 40.4 Å². The van der Waals surface area contributed by atoms with E-state index in [1.54, 1.807) is 0 Å². The molecule has 0 heterocycles. The minimum Gasteiger partial charge on any atom is -0.115 e. The molecule has 0 aromatic heterocycles. The quantitative estimate of drug-likeness (QED) is 0.257. The fraction of sp³-hybridized carbons (Fsp3) is 0.500. The van der Waals surface area contributed by atoms with Gasteiger partial charge in [0.15, 0.2) is 0 Å². The van der Waals surface area contributed by atoms with Gasteiger partial charge < -0.3 is 0 Å². The van der Waals surface area contributed by atoms with Gasteiger partial charge in [0.2, 0.25) is 0 Å². The molecule has 0 aromatic rings. The molecule has 0 fully saturated rings. The summed E-state index contributed by atoms with van der Waals surface area (Å²) >= 11 is 8.92. The summed E-state index contributed by atoms with van der Waals surface area (Å²) in [6, 6.07) is 0. The zero-order valence-corrected chi connectivity index (χ0v) is 12.7. The molecule has 0 saturated heterocycles. The molecule has 0 radical (unpaired) electrons. The number of nitrogens with two attached hydrogens (primary N) is 2. The van der Waals surface area contributed by atoms with E-state index in [0.29, 0.717) is 0 Å². The molecule has 0 aliphatic carbocycles. The summed E-state index contributed by atoms with van der Waals surface area (Å²) in [7, 11) is 0. The normalized spacial score (nSPS) is 6.86. The summed E-state index contributed by atoms with van der Waals surface area (Å²) < 4.78 is 8.29. The van der Waals surface area contributed by atoms with Crippen molar-refractivity contribution in [3.8, 4) is 0 Å². The van der Waals surface area contributed by atoms with Crippen molar-refractivity contribution in [3.05, 3.63) is 0 Å². The third-order valence-electron chi connectivity index (χ3n) is 0.519. The minimum atomic E-state index is -0.375. The van der Waals surface area contributed by atoms with Crippen molar-refractivity contribution in [2.24, 2.45) is 11.5 Å².